The van der Waals surface area contributed by atoms with Crippen molar-refractivity contribution in [3.05, 3.63) is 11.6 Å². The largest absolute Gasteiger partial charge is 0.377 e. The highest BCUT2D eigenvalue weighted by Gasteiger charge is 2.27. The van der Waals surface area contributed by atoms with Crippen molar-refractivity contribution < 1.29 is 9.53 Å². The van der Waals surface area contributed by atoms with Crippen molar-refractivity contribution in [1.82, 2.24) is 25.4 Å². The van der Waals surface area contributed by atoms with E-state index < -0.39 is 0 Å². The van der Waals surface area contributed by atoms with Crippen molar-refractivity contribution >= 4 is 6.03 Å². The van der Waals surface area contributed by atoms with Crippen LogP contribution in [0.5, 0.6) is 0 Å². The smallest absolute Gasteiger partial charge is 0.315 e. The van der Waals surface area contributed by atoms with E-state index in [1.807, 2.05) is 4.68 Å². The second-order valence-electron chi connectivity index (χ2n) is 8.26. The summed E-state index contributed by atoms with van der Waals surface area (Å²) in [5, 5.41) is 10.6. The number of urea groups is 1. The zero-order chi connectivity index (χ0) is 17.9. The van der Waals surface area contributed by atoms with Crippen LogP contribution >= 0.6 is 0 Å². The van der Waals surface area contributed by atoms with Crippen molar-refractivity contribution in [2.45, 2.75) is 71.6 Å². The Hall–Kier alpha value is -1.63. The number of aryl methyl sites for hydroxylation is 1. The topological polar surface area (TPSA) is 81.1 Å². The van der Waals surface area contributed by atoms with Crippen LogP contribution in [-0.2, 0) is 24.3 Å². The van der Waals surface area contributed by atoms with Gasteiger partial charge in [-0.3, -0.25) is 0 Å². The number of carbonyl (C=O) groups is 1. The fourth-order valence-electron chi connectivity index (χ4n) is 3.81. The molecule has 1 aromatic heterocycles. The summed E-state index contributed by atoms with van der Waals surface area (Å²) < 4.78 is 6.98. The van der Waals surface area contributed by atoms with Crippen molar-refractivity contribution in [3.8, 4) is 0 Å². The summed E-state index contributed by atoms with van der Waals surface area (Å²) >= 11 is 0. The predicted octanol–water partition coefficient (Wildman–Crippen LogP) is 2.25. The van der Waals surface area contributed by atoms with Gasteiger partial charge in [-0.05, 0) is 43.4 Å². The Balaban J connectivity index is 1.41. The molecular formula is C18H31N5O2. The van der Waals surface area contributed by atoms with Gasteiger partial charge in [0, 0.05) is 20.1 Å². The molecule has 0 bridgehead atoms. The molecule has 1 aliphatic heterocycles. The number of ether oxygens (including phenoxy) is 1. The first-order valence-corrected chi connectivity index (χ1v) is 9.41. The van der Waals surface area contributed by atoms with Crippen LogP contribution in [0.2, 0.25) is 0 Å². The quantitative estimate of drug-likeness (QED) is 0.854. The second kappa shape index (κ2) is 7.72. The van der Waals surface area contributed by atoms with Gasteiger partial charge in [-0.25, -0.2) is 14.5 Å². The molecule has 0 aromatic carbocycles. The lowest BCUT2D eigenvalue weighted by molar-refractivity contribution is 0.177. The molecule has 2 N–H and O–H groups in total. The fourth-order valence-corrected chi connectivity index (χ4v) is 3.81. The average molecular weight is 349 g/mol. The van der Waals surface area contributed by atoms with Crippen molar-refractivity contribution in [2.24, 2.45) is 11.3 Å². The molecule has 7 heteroatoms. The lowest BCUT2D eigenvalue weighted by Gasteiger charge is -2.34. The highest BCUT2D eigenvalue weighted by atomic mass is 16.5. The summed E-state index contributed by atoms with van der Waals surface area (Å²) in [6.45, 7) is 6.56. The summed E-state index contributed by atoms with van der Waals surface area (Å²) in [6.07, 6.45) is 6.66. The van der Waals surface area contributed by atoms with Gasteiger partial charge in [-0.15, -0.1) is 0 Å². The Labute approximate surface area is 149 Å². The van der Waals surface area contributed by atoms with E-state index in [4.69, 9.17) is 4.74 Å². The molecule has 1 unspecified atom stereocenters. The molecule has 1 saturated carbocycles. The standard InChI is InChI=1S/C18H31N5O2/c1-18(2)8-6-13(7-9-18)10-19-17(24)20-14-4-5-16-21-15(12-25-3)22-23(16)11-14/h13-14H,4-12H2,1-3H3,(H2,19,20,24). The monoisotopic (exact) mass is 349 g/mol. The van der Waals surface area contributed by atoms with Crippen molar-refractivity contribution in [3.63, 3.8) is 0 Å². The summed E-state index contributed by atoms with van der Waals surface area (Å²) in [4.78, 5) is 16.7. The fraction of sp³-hybridized carbons (Fsp3) is 0.833. The van der Waals surface area contributed by atoms with Crippen LogP contribution in [-0.4, -0.2) is 40.5 Å². The van der Waals surface area contributed by atoms with Gasteiger partial charge in [-0.2, -0.15) is 5.10 Å². The van der Waals surface area contributed by atoms with Crippen LogP contribution in [0.4, 0.5) is 4.79 Å². The minimum absolute atomic E-state index is 0.0597. The van der Waals surface area contributed by atoms with Gasteiger partial charge in [0.25, 0.3) is 0 Å². The second-order valence-corrected chi connectivity index (χ2v) is 8.26. The van der Waals surface area contributed by atoms with Gasteiger partial charge >= 0.3 is 6.03 Å². The number of aromatic nitrogens is 3. The number of fused-ring (bicyclic) bond motifs is 1. The Morgan fingerprint density at radius 2 is 2.08 bits per heavy atom. The predicted molar refractivity (Wildman–Crippen MR) is 95.1 cm³/mol. The van der Waals surface area contributed by atoms with Crippen LogP contribution < -0.4 is 10.6 Å². The van der Waals surface area contributed by atoms with E-state index in [2.05, 4.69) is 34.6 Å². The first-order chi connectivity index (χ1) is 11.9. The number of methoxy groups -OCH3 is 1. The first-order valence-electron chi connectivity index (χ1n) is 9.41. The molecular weight excluding hydrogens is 318 g/mol. The SMILES string of the molecule is COCc1nc2n(n1)CC(NC(=O)NCC1CCC(C)(C)CC1)CC2. The zero-order valence-electron chi connectivity index (χ0n) is 15.7. The van der Waals surface area contributed by atoms with E-state index >= 15 is 0 Å². The molecule has 1 atom stereocenters. The summed E-state index contributed by atoms with van der Waals surface area (Å²) in [6, 6.07) is 0.0467. The Morgan fingerprint density at radius 1 is 1.32 bits per heavy atom. The normalized spacial score (nSPS) is 23.1. The van der Waals surface area contributed by atoms with Gasteiger partial charge in [0.15, 0.2) is 5.82 Å². The Morgan fingerprint density at radius 3 is 2.80 bits per heavy atom. The number of rotatable bonds is 5. The van der Waals surface area contributed by atoms with E-state index in [0.29, 0.717) is 30.3 Å². The molecule has 0 spiro atoms. The number of nitrogens with one attached hydrogen (secondary N) is 2. The number of amides is 2. The van der Waals surface area contributed by atoms with Crippen LogP contribution in [0.15, 0.2) is 0 Å². The molecule has 2 amide bonds. The summed E-state index contributed by atoms with van der Waals surface area (Å²) in [5.74, 6) is 2.31. The highest BCUT2D eigenvalue weighted by Crippen LogP contribution is 2.37. The zero-order valence-corrected chi connectivity index (χ0v) is 15.7. The molecule has 3 rings (SSSR count). The van der Waals surface area contributed by atoms with Gasteiger partial charge in [0.2, 0.25) is 0 Å². The molecule has 25 heavy (non-hydrogen) atoms. The average Bonchev–Trinajstić information content (AvgIpc) is 2.96. The van der Waals surface area contributed by atoms with Gasteiger partial charge < -0.3 is 15.4 Å². The number of nitrogens with zero attached hydrogens (tertiary/aromatic N) is 3. The number of hydrogen-bond acceptors (Lipinski definition) is 4. The Kier molecular flexibility index (Phi) is 5.61. The van der Waals surface area contributed by atoms with E-state index in [-0.39, 0.29) is 12.1 Å². The van der Waals surface area contributed by atoms with Crippen LogP contribution in [0.25, 0.3) is 0 Å². The lowest BCUT2D eigenvalue weighted by Crippen LogP contribution is -2.47. The minimum atomic E-state index is -0.0597. The van der Waals surface area contributed by atoms with Crippen LogP contribution in [0.3, 0.4) is 0 Å². The number of hydrogen-bond donors (Lipinski definition) is 2. The molecule has 2 heterocycles. The minimum Gasteiger partial charge on any atom is -0.377 e. The first kappa shape index (κ1) is 18.2. The third-order valence-corrected chi connectivity index (χ3v) is 5.52. The molecule has 0 saturated heterocycles. The maximum absolute atomic E-state index is 12.2. The van der Waals surface area contributed by atoms with Gasteiger partial charge in [-0.1, -0.05) is 13.8 Å². The van der Waals surface area contributed by atoms with Crippen molar-refractivity contribution in [2.75, 3.05) is 13.7 Å². The van der Waals surface area contributed by atoms with E-state index in [1.54, 1.807) is 7.11 Å². The van der Waals surface area contributed by atoms with E-state index in [1.165, 1.54) is 25.7 Å². The molecule has 1 fully saturated rings. The summed E-state index contributed by atoms with van der Waals surface area (Å²) in [7, 11) is 1.64. The molecule has 1 aromatic rings. The third-order valence-electron chi connectivity index (χ3n) is 5.52. The van der Waals surface area contributed by atoms with Crippen molar-refractivity contribution in [1.29, 1.82) is 0 Å². The van der Waals surface area contributed by atoms with Crippen LogP contribution in [0, 0.1) is 11.3 Å². The van der Waals surface area contributed by atoms with Crippen LogP contribution in [0.1, 0.15) is 57.6 Å². The van der Waals surface area contributed by atoms with E-state index in [0.717, 1.165) is 25.2 Å². The molecule has 2 aliphatic rings. The maximum Gasteiger partial charge on any atom is 0.315 e. The summed E-state index contributed by atoms with van der Waals surface area (Å²) in [5.41, 5.74) is 0.470. The molecule has 1 aliphatic carbocycles. The number of carbonyl (C=O) groups excluding carboxylic acids is 1. The van der Waals surface area contributed by atoms with E-state index in [9.17, 15) is 4.79 Å². The van der Waals surface area contributed by atoms with Gasteiger partial charge in [0.1, 0.15) is 12.4 Å². The maximum atomic E-state index is 12.2. The molecule has 0 radical (unpaired) electrons. The molecule has 7 nitrogen and oxygen atoms in total. The Bertz CT molecular complexity index is 588. The van der Waals surface area contributed by atoms with Gasteiger partial charge in [0.05, 0.1) is 12.6 Å². The highest BCUT2D eigenvalue weighted by molar-refractivity contribution is 5.74. The third kappa shape index (κ3) is 4.93. The lowest BCUT2D eigenvalue weighted by atomic mass is 9.73. The molecule has 140 valence electrons.